The molecule has 0 aliphatic carbocycles. The summed E-state index contributed by atoms with van der Waals surface area (Å²) in [6.45, 7) is 5.27. The average molecular weight is 367 g/mol. The number of hydrogen-bond acceptors (Lipinski definition) is 3. The Bertz CT molecular complexity index is 745. The van der Waals surface area contributed by atoms with Crippen LogP contribution in [0.25, 0.3) is 0 Å². The van der Waals surface area contributed by atoms with E-state index in [0.717, 1.165) is 11.3 Å². The zero-order valence-corrected chi connectivity index (χ0v) is 15.5. The van der Waals surface area contributed by atoms with Crippen LogP contribution in [0.2, 0.25) is 0 Å². The Balaban J connectivity index is 1.69. The smallest absolute Gasteiger partial charge is 0.317 e. The van der Waals surface area contributed by atoms with Crippen LogP contribution in [-0.2, 0) is 6.54 Å². The van der Waals surface area contributed by atoms with Gasteiger partial charge in [-0.1, -0.05) is 43.0 Å². The van der Waals surface area contributed by atoms with Crippen LogP contribution in [0.5, 0.6) is 5.75 Å². The van der Waals surface area contributed by atoms with E-state index in [4.69, 9.17) is 4.74 Å². The van der Waals surface area contributed by atoms with E-state index in [1.165, 1.54) is 0 Å². The Morgan fingerprint density at radius 1 is 1.04 bits per heavy atom. The van der Waals surface area contributed by atoms with Crippen LogP contribution < -0.4 is 15.4 Å². The first kappa shape index (κ1) is 20.0. The quantitative estimate of drug-likeness (QED) is 0.529. The van der Waals surface area contributed by atoms with Crippen molar-refractivity contribution in [2.24, 2.45) is 0 Å². The van der Waals surface area contributed by atoms with Crippen molar-refractivity contribution < 1.29 is 14.3 Å². The monoisotopic (exact) mass is 367 g/mol. The summed E-state index contributed by atoms with van der Waals surface area (Å²) in [4.78, 5) is 25.6. The highest BCUT2D eigenvalue weighted by molar-refractivity contribution is 5.94. The predicted octanol–water partition coefficient (Wildman–Crippen LogP) is 2.82. The number of ether oxygens (including phenoxy) is 1. The number of benzene rings is 2. The lowest BCUT2D eigenvalue weighted by Gasteiger charge is -2.18. The Morgan fingerprint density at radius 2 is 1.70 bits per heavy atom. The molecule has 0 saturated heterocycles. The van der Waals surface area contributed by atoms with Gasteiger partial charge in [0.1, 0.15) is 12.4 Å². The number of amides is 3. The second-order valence-electron chi connectivity index (χ2n) is 5.95. The summed E-state index contributed by atoms with van der Waals surface area (Å²) < 4.78 is 5.43. The molecule has 6 nitrogen and oxygen atoms in total. The number of hydrogen-bond donors (Lipinski definition) is 2. The van der Waals surface area contributed by atoms with Crippen LogP contribution in [0.15, 0.2) is 67.3 Å². The number of rotatable bonds is 9. The van der Waals surface area contributed by atoms with Gasteiger partial charge in [-0.05, 0) is 29.8 Å². The van der Waals surface area contributed by atoms with Crippen molar-refractivity contribution in [2.45, 2.75) is 6.54 Å². The summed E-state index contributed by atoms with van der Waals surface area (Å²) >= 11 is 0. The Kier molecular flexibility index (Phi) is 7.91. The van der Waals surface area contributed by atoms with Crippen molar-refractivity contribution in [1.29, 1.82) is 0 Å². The lowest BCUT2D eigenvalue weighted by molar-refractivity contribution is 0.0953. The van der Waals surface area contributed by atoms with Gasteiger partial charge in [-0.3, -0.25) is 4.79 Å². The summed E-state index contributed by atoms with van der Waals surface area (Å²) in [6, 6.07) is 16.3. The van der Waals surface area contributed by atoms with Gasteiger partial charge in [0, 0.05) is 32.2 Å². The molecule has 2 N–H and O–H groups in total. The normalized spacial score (nSPS) is 9.96. The van der Waals surface area contributed by atoms with E-state index in [2.05, 4.69) is 17.2 Å². The third-order valence-electron chi connectivity index (χ3n) is 3.78. The minimum absolute atomic E-state index is 0.156. The Morgan fingerprint density at radius 3 is 2.37 bits per heavy atom. The van der Waals surface area contributed by atoms with Crippen molar-refractivity contribution in [3.63, 3.8) is 0 Å². The minimum atomic E-state index is -0.198. The lowest BCUT2D eigenvalue weighted by Crippen LogP contribution is -2.41. The first-order valence-corrected chi connectivity index (χ1v) is 8.75. The largest absolute Gasteiger partial charge is 0.490 e. The van der Waals surface area contributed by atoms with Crippen molar-refractivity contribution in [3.05, 3.63) is 78.4 Å². The maximum absolute atomic E-state index is 12.1. The summed E-state index contributed by atoms with van der Waals surface area (Å²) in [5, 5.41) is 5.56. The minimum Gasteiger partial charge on any atom is -0.490 e. The fourth-order valence-electron chi connectivity index (χ4n) is 2.36. The van der Waals surface area contributed by atoms with Gasteiger partial charge < -0.3 is 20.3 Å². The lowest BCUT2D eigenvalue weighted by atomic mass is 10.2. The van der Waals surface area contributed by atoms with E-state index >= 15 is 0 Å². The maximum Gasteiger partial charge on any atom is 0.317 e. The highest BCUT2D eigenvalue weighted by Crippen LogP contribution is 2.13. The molecule has 0 heterocycles. The number of nitrogens with zero attached hydrogens (tertiary/aromatic N) is 1. The van der Waals surface area contributed by atoms with E-state index < -0.39 is 0 Å². The van der Waals surface area contributed by atoms with E-state index in [1.54, 1.807) is 30.2 Å². The molecule has 0 unspecified atom stereocenters. The van der Waals surface area contributed by atoms with Crippen molar-refractivity contribution in [1.82, 2.24) is 15.5 Å². The van der Waals surface area contributed by atoms with Gasteiger partial charge in [0.15, 0.2) is 0 Å². The van der Waals surface area contributed by atoms with Gasteiger partial charge in [0.2, 0.25) is 0 Å². The Labute approximate surface area is 159 Å². The zero-order valence-electron chi connectivity index (χ0n) is 15.5. The molecule has 2 aromatic carbocycles. The van der Waals surface area contributed by atoms with Crippen LogP contribution in [0.3, 0.4) is 0 Å². The number of carbonyl (C=O) groups excluding carboxylic acids is 2. The molecule has 2 rings (SSSR count). The second kappa shape index (κ2) is 10.7. The fourth-order valence-corrected chi connectivity index (χ4v) is 2.36. The molecule has 2 aromatic rings. The van der Waals surface area contributed by atoms with Crippen LogP contribution >= 0.6 is 0 Å². The van der Waals surface area contributed by atoms with Crippen LogP contribution in [-0.4, -0.2) is 43.6 Å². The standard InChI is InChI=1S/C21H25N3O3/c1-3-15-27-19-11-9-17(10-12-19)16-24(2)21(26)23-14-13-22-20(25)18-7-5-4-6-8-18/h3-12H,1,13-16H2,2H3,(H,22,25)(H,23,26). The van der Waals surface area contributed by atoms with Gasteiger partial charge in [-0.15, -0.1) is 0 Å². The van der Waals surface area contributed by atoms with Gasteiger partial charge in [0.05, 0.1) is 0 Å². The molecule has 0 atom stereocenters. The third-order valence-corrected chi connectivity index (χ3v) is 3.78. The molecule has 3 amide bonds. The molecule has 0 aliphatic heterocycles. The summed E-state index contributed by atoms with van der Waals surface area (Å²) in [5.41, 5.74) is 1.59. The Hall–Kier alpha value is -3.28. The second-order valence-corrected chi connectivity index (χ2v) is 5.95. The highest BCUT2D eigenvalue weighted by Gasteiger charge is 2.09. The predicted molar refractivity (Wildman–Crippen MR) is 106 cm³/mol. The van der Waals surface area contributed by atoms with Crippen molar-refractivity contribution in [3.8, 4) is 5.75 Å². The number of nitrogens with one attached hydrogen (secondary N) is 2. The molecule has 0 fully saturated rings. The molecule has 27 heavy (non-hydrogen) atoms. The first-order chi connectivity index (χ1) is 13.1. The van der Waals surface area contributed by atoms with E-state index in [1.807, 2.05) is 42.5 Å². The fraction of sp³-hybridized carbons (Fsp3) is 0.238. The highest BCUT2D eigenvalue weighted by atomic mass is 16.5. The topological polar surface area (TPSA) is 70.7 Å². The summed E-state index contributed by atoms with van der Waals surface area (Å²) in [6.07, 6.45) is 1.69. The molecule has 0 aliphatic rings. The maximum atomic E-state index is 12.1. The average Bonchev–Trinajstić information content (AvgIpc) is 2.71. The van der Waals surface area contributed by atoms with Gasteiger partial charge in [0.25, 0.3) is 5.91 Å². The molecule has 0 bridgehead atoms. The van der Waals surface area contributed by atoms with Crippen LogP contribution in [0, 0.1) is 0 Å². The van der Waals surface area contributed by atoms with Gasteiger partial charge >= 0.3 is 6.03 Å². The molecule has 6 heteroatoms. The van der Waals surface area contributed by atoms with Gasteiger partial charge in [-0.25, -0.2) is 4.79 Å². The SMILES string of the molecule is C=CCOc1ccc(CN(C)C(=O)NCCNC(=O)c2ccccc2)cc1. The molecule has 0 radical (unpaired) electrons. The van der Waals surface area contributed by atoms with Crippen molar-refractivity contribution >= 4 is 11.9 Å². The van der Waals surface area contributed by atoms with Gasteiger partial charge in [-0.2, -0.15) is 0 Å². The van der Waals surface area contributed by atoms with E-state index in [-0.39, 0.29) is 11.9 Å². The van der Waals surface area contributed by atoms with Crippen LogP contribution in [0.4, 0.5) is 4.79 Å². The van der Waals surface area contributed by atoms with E-state index in [9.17, 15) is 9.59 Å². The molecule has 0 saturated carbocycles. The number of carbonyl (C=O) groups is 2. The number of urea groups is 1. The molecular formula is C21H25N3O3. The zero-order chi connectivity index (χ0) is 19.5. The first-order valence-electron chi connectivity index (χ1n) is 8.75. The third kappa shape index (κ3) is 6.86. The van der Waals surface area contributed by atoms with E-state index in [0.29, 0.717) is 31.8 Å². The van der Waals surface area contributed by atoms with Crippen molar-refractivity contribution in [2.75, 3.05) is 26.7 Å². The molecule has 0 aromatic heterocycles. The summed E-state index contributed by atoms with van der Waals surface area (Å²) in [7, 11) is 1.72. The summed E-state index contributed by atoms with van der Waals surface area (Å²) in [5.74, 6) is 0.608. The molecule has 0 spiro atoms. The van der Waals surface area contributed by atoms with Crippen LogP contribution in [0.1, 0.15) is 15.9 Å². The molecule has 142 valence electrons. The molecular weight excluding hydrogens is 342 g/mol.